The van der Waals surface area contributed by atoms with Crippen LogP contribution in [0, 0.1) is 20.8 Å². The van der Waals surface area contributed by atoms with E-state index < -0.39 is 0 Å². The van der Waals surface area contributed by atoms with Crippen molar-refractivity contribution in [3.8, 4) is 11.5 Å². The molecule has 0 unspecified atom stereocenters. The molecule has 0 spiro atoms. The molecule has 0 atom stereocenters. The number of carbonyl (C=O) groups is 1. The summed E-state index contributed by atoms with van der Waals surface area (Å²) >= 11 is 0. The van der Waals surface area contributed by atoms with Gasteiger partial charge < -0.3 is 9.47 Å². The van der Waals surface area contributed by atoms with Gasteiger partial charge in [-0.25, -0.2) is 0 Å². The molecular formula is C30H36O3. The molecule has 3 rings (SSSR count). The molecule has 0 bridgehead atoms. The summed E-state index contributed by atoms with van der Waals surface area (Å²) in [6, 6.07) is 19.4. The second-order valence-corrected chi connectivity index (χ2v) is 10.1. The van der Waals surface area contributed by atoms with Crippen molar-refractivity contribution in [2.24, 2.45) is 0 Å². The third kappa shape index (κ3) is 4.98. The normalized spacial score (nSPS) is 11.9. The van der Waals surface area contributed by atoms with Gasteiger partial charge in [0.05, 0.1) is 7.11 Å². The first kappa shape index (κ1) is 24.6. The molecule has 0 aliphatic carbocycles. The molecule has 0 heterocycles. The van der Waals surface area contributed by atoms with Gasteiger partial charge in [-0.05, 0) is 66.3 Å². The maximum atomic E-state index is 11.4. The fourth-order valence-electron chi connectivity index (χ4n) is 4.41. The van der Waals surface area contributed by atoms with Gasteiger partial charge in [-0.1, -0.05) is 75.7 Å². The number of ether oxygens (including phenoxy) is 2. The van der Waals surface area contributed by atoms with Crippen LogP contribution < -0.4 is 9.47 Å². The fraction of sp³-hybridized carbons (Fsp3) is 0.367. The van der Waals surface area contributed by atoms with Gasteiger partial charge in [-0.15, -0.1) is 0 Å². The van der Waals surface area contributed by atoms with Crippen molar-refractivity contribution in [2.45, 2.75) is 66.2 Å². The highest BCUT2D eigenvalue weighted by molar-refractivity contribution is 5.70. The van der Waals surface area contributed by atoms with Crippen LogP contribution in [0.5, 0.6) is 11.5 Å². The lowest BCUT2D eigenvalue weighted by molar-refractivity contribution is -0.131. The van der Waals surface area contributed by atoms with E-state index in [1.807, 2.05) is 13.0 Å². The van der Waals surface area contributed by atoms with Gasteiger partial charge in [0.1, 0.15) is 11.5 Å². The van der Waals surface area contributed by atoms with E-state index >= 15 is 0 Å². The molecule has 0 saturated carbocycles. The first-order valence-electron chi connectivity index (χ1n) is 11.4. The molecule has 33 heavy (non-hydrogen) atoms. The number of esters is 1. The van der Waals surface area contributed by atoms with Crippen LogP contribution in [0.15, 0.2) is 54.6 Å². The third-order valence-corrected chi connectivity index (χ3v) is 6.79. The molecule has 0 aliphatic heterocycles. The zero-order valence-electron chi connectivity index (χ0n) is 21.4. The Morgan fingerprint density at radius 3 is 1.52 bits per heavy atom. The predicted octanol–water partition coefficient (Wildman–Crippen LogP) is 7.20. The molecule has 0 fully saturated rings. The van der Waals surface area contributed by atoms with Gasteiger partial charge in [0.15, 0.2) is 0 Å². The van der Waals surface area contributed by atoms with Crippen LogP contribution in [0.3, 0.4) is 0 Å². The summed E-state index contributed by atoms with van der Waals surface area (Å²) < 4.78 is 10.8. The number of carbonyl (C=O) groups excluding carboxylic acids is 1. The van der Waals surface area contributed by atoms with Crippen LogP contribution >= 0.6 is 0 Å². The summed E-state index contributed by atoms with van der Waals surface area (Å²) in [5.41, 5.74) is 7.94. The van der Waals surface area contributed by atoms with E-state index in [4.69, 9.17) is 9.47 Å². The predicted molar refractivity (Wildman–Crippen MR) is 136 cm³/mol. The Kier molecular flexibility index (Phi) is 6.74. The van der Waals surface area contributed by atoms with E-state index in [9.17, 15) is 4.79 Å². The highest BCUT2D eigenvalue weighted by Gasteiger charge is 2.29. The average Bonchev–Trinajstić information content (AvgIpc) is 2.74. The van der Waals surface area contributed by atoms with Gasteiger partial charge in [0.2, 0.25) is 0 Å². The van der Waals surface area contributed by atoms with Crippen molar-refractivity contribution in [3.05, 3.63) is 93.5 Å². The number of benzene rings is 3. The van der Waals surface area contributed by atoms with Gasteiger partial charge in [0, 0.05) is 17.8 Å². The molecule has 3 aromatic rings. The average molecular weight is 445 g/mol. The summed E-state index contributed by atoms with van der Waals surface area (Å²) in [6.45, 7) is 16.7. The van der Waals surface area contributed by atoms with Crippen molar-refractivity contribution < 1.29 is 14.3 Å². The standard InChI is InChI=1S/C30H36O3/c1-19-14-25(29(5,6)23-10-12-27(32-9)20(2)16-23)18-26(15-19)30(7,8)24-11-13-28(21(3)17-24)33-22(4)31/h10-18H,1-9H3. The molecular weight excluding hydrogens is 408 g/mol. The van der Waals surface area contributed by atoms with Crippen LogP contribution in [-0.2, 0) is 15.6 Å². The Morgan fingerprint density at radius 2 is 1.12 bits per heavy atom. The zero-order chi connectivity index (χ0) is 24.6. The van der Waals surface area contributed by atoms with E-state index in [1.165, 1.54) is 34.7 Å². The van der Waals surface area contributed by atoms with E-state index in [1.54, 1.807) is 7.11 Å². The fourth-order valence-corrected chi connectivity index (χ4v) is 4.41. The minimum absolute atomic E-state index is 0.164. The second kappa shape index (κ2) is 9.05. The van der Waals surface area contributed by atoms with Crippen LogP contribution in [0.25, 0.3) is 0 Å². The minimum atomic E-state index is -0.301. The molecule has 3 heteroatoms. The van der Waals surface area contributed by atoms with Crippen molar-refractivity contribution in [3.63, 3.8) is 0 Å². The lowest BCUT2D eigenvalue weighted by Gasteiger charge is -2.32. The second-order valence-electron chi connectivity index (χ2n) is 10.1. The third-order valence-electron chi connectivity index (χ3n) is 6.79. The Labute approximate surface area is 198 Å². The molecule has 3 nitrogen and oxygen atoms in total. The molecule has 174 valence electrons. The quantitative estimate of drug-likeness (QED) is 0.298. The Bertz CT molecular complexity index is 1190. The monoisotopic (exact) mass is 444 g/mol. The van der Waals surface area contributed by atoms with Gasteiger partial charge in [0.25, 0.3) is 0 Å². The van der Waals surface area contributed by atoms with Crippen LogP contribution in [0.4, 0.5) is 0 Å². The van der Waals surface area contributed by atoms with Crippen LogP contribution in [0.1, 0.15) is 73.6 Å². The summed E-state index contributed by atoms with van der Waals surface area (Å²) in [5, 5.41) is 0. The highest BCUT2D eigenvalue weighted by atomic mass is 16.5. The number of aryl methyl sites for hydroxylation is 3. The molecule has 0 aromatic heterocycles. The topological polar surface area (TPSA) is 35.5 Å². The van der Waals surface area contributed by atoms with Crippen LogP contribution in [-0.4, -0.2) is 13.1 Å². The van der Waals surface area contributed by atoms with Gasteiger partial charge >= 0.3 is 5.97 Å². The van der Waals surface area contributed by atoms with Crippen molar-refractivity contribution in [1.82, 2.24) is 0 Å². The Morgan fingerprint density at radius 1 is 0.667 bits per heavy atom. The lowest BCUT2D eigenvalue weighted by atomic mass is 9.72. The first-order valence-corrected chi connectivity index (χ1v) is 11.4. The number of hydrogen-bond acceptors (Lipinski definition) is 3. The minimum Gasteiger partial charge on any atom is -0.496 e. The Hall–Kier alpha value is -3.07. The zero-order valence-corrected chi connectivity index (χ0v) is 21.4. The highest BCUT2D eigenvalue weighted by Crippen LogP contribution is 2.39. The molecule has 0 amide bonds. The molecule has 0 aliphatic rings. The smallest absolute Gasteiger partial charge is 0.308 e. The van der Waals surface area contributed by atoms with E-state index in [-0.39, 0.29) is 16.8 Å². The summed E-state index contributed by atoms with van der Waals surface area (Å²) in [5.74, 6) is 1.22. The number of hydrogen-bond donors (Lipinski definition) is 0. The SMILES string of the molecule is COc1ccc(C(C)(C)c2cc(C)cc(C(C)(C)c3ccc(OC(C)=O)c(C)c3)c2)cc1C. The summed E-state index contributed by atoms with van der Waals surface area (Å²) in [7, 11) is 1.71. The van der Waals surface area contributed by atoms with Crippen LogP contribution in [0.2, 0.25) is 0 Å². The maximum Gasteiger partial charge on any atom is 0.308 e. The first-order chi connectivity index (χ1) is 15.4. The number of methoxy groups -OCH3 is 1. The molecule has 0 N–H and O–H groups in total. The maximum absolute atomic E-state index is 11.4. The summed E-state index contributed by atoms with van der Waals surface area (Å²) in [6.07, 6.45) is 0. The van der Waals surface area contributed by atoms with Gasteiger partial charge in [-0.3, -0.25) is 4.79 Å². The van der Waals surface area contributed by atoms with Crippen molar-refractivity contribution in [1.29, 1.82) is 0 Å². The molecule has 0 saturated heterocycles. The summed E-state index contributed by atoms with van der Waals surface area (Å²) in [4.78, 5) is 11.4. The number of rotatable bonds is 6. The molecule has 3 aromatic carbocycles. The Balaban J connectivity index is 2.05. The van der Waals surface area contributed by atoms with Crippen molar-refractivity contribution >= 4 is 5.97 Å². The lowest BCUT2D eigenvalue weighted by Crippen LogP contribution is -2.23. The van der Waals surface area contributed by atoms with Gasteiger partial charge in [-0.2, -0.15) is 0 Å². The largest absolute Gasteiger partial charge is 0.496 e. The van der Waals surface area contributed by atoms with E-state index in [0.717, 1.165) is 16.9 Å². The van der Waals surface area contributed by atoms with E-state index in [2.05, 4.69) is 90.1 Å². The molecule has 0 radical (unpaired) electrons. The van der Waals surface area contributed by atoms with E-state index in [0.29, 0.717) is 5.75 Å². The van der Waals surface area contributed by atoms with Crippen molar-refractivity contribution in [2.75, 3.05) is 7.11 Å².